The standard InChI is InChI=1S/C15H31N3O/c1-5-18(12-8-6-7-9-12)13(11-16)10-14(19)17-15(2,3)4/h12-13H,5-11,16H2,1-4H3,(H,17,19). The fourth-order valence-corrected chi connectivity index (χ4v) is 3.07. The fraction of sp³-hybridized carbons (Fsp3) is 0.933. The first-order chi connectivity index (χ1) is 8.87. The Balaban J connectivity index is 2.57. The molecule has 0 aromatic carbocycles. The summed E-state index contributed by atoms with van der Waals surface area (Å²) in [6.45, 7) is 9.74. The number of likely N-dealkylation sites (N-methyl/N-ethyl adjacent to an activating group) is 1. The molecule has 0 aromatic rings. The molecular formula is C15H31N3O. The van der Waals surface area contributed by atoms with E-state index in [2.05, 4.69) is 17.1 Å². The summed E-state index contributed by atoms with van der Waals surface area (Å²) in [5.74, 6) is 0.111. The first-order valence-corrected chi connectivity index (χ1v) is 7.64. The Morgan fingerprint density at radius 3 is 2.37 bits per heavy atom. The van der Waals surface area contributed by atoms with Gasteiger partial charge < -0.3 is 11.1 Å². The van der Waals surface area contributed by atoms with Crippen LogP contribution in [0, 0.1) is 0 Å². The van der Waals surface area contributed by atoms with Crippen molar-refractivity contribution in [2.45, 2.75) is 77.4 Å². The number of nitrogens with two attached hydrogens (primary N) is 1. The van der Waals surface area contributed by atoms with Crippen LogP contribution in [-0.2, 0) is 4.79 Å². The summed E-state index contributed by atoms with van der Waals surface area (Å²) in [5, 5.41) is 3.03. The highest BCUT2D eigenvalue weighted by atomic mass is 16.1. The monoisotopic (exact) mass is 269 g/mol. The Bertz CT molecular complexity index is 280. The van der Waals surface area contributed by atoms with E-state index in [0.29, 0.717) is 19.0 Å². The molecule has 0 heterocycles. The van der Waals surface area contributed by atoms with E-state index in [0.717, 1.165) is 6.54 Å². The summed E-state index contributed by atoms with van der Waals surface area (Å²) in [6, 6.07) is 0.802. The van der Waals surface area contributed by atoms with Gasteiger partial charge in [0.15, 0.2) is 0 Å². The average molecular weight is 269 g/mol. The summed E-state index contributed by atoms with van der Waals surface area (Å²) in [5.41, 5.74) is 5.74. The second-order valence-corrected chi connectivity index (χ2v) is 6.66. The van der Waals surface area contributed by atoms with E-state index in [1.807, 2.05) is 20.8 Å². The van der Waals surface area contributed by atoms with Gasteiger partial charge in [-0.1, -0.05) is 19.8 Å². The van der Waals surface area contributed by atoms with Gasteiger partial charge in [-0.25, -0.2) is 0 Å². The third-order valence-electron chi connectivity index (χ3n) is 3.84. The van der Waals surface area contributed by atoms with Crippen LogP contribution in [0.2, 0.25) is 0 Å². The molecule has 1 amide bonds. The maximum absolute atomic E-state index is 12.1. The molecule has 3 N–H and O–H groups in total. The Kier molecular flexibility index (Phi) is 6.27. The molecule has 0 bridgehead atoms. The molecule has 19 heavy (non-hydrogen) atoms. The largest absolute Gasteiger partial charge is 0.351 e. The highest BCUT2D eigenvalue weighted by Gasteiger charge is 2.28. The van der Waals surface area contributed by atoms with Crippen LogP contribution in [0.15, 0.2) is 0 Å². The minimum Gasteiger partial charge on any atom is -0.351 e. The van der Waals surface area contributed by atoms with E-state index in [-0.39, 0.29) is 17.5 Å². The zero-order valence-corrected chi connectivity index (χ0v) is 13.0. The topological polar surface area (TPSA) is 58.4 Å². The normalized spacial score (nSPS) is 18.8. The summed E-state index contributed by atoms with van der Waals surface area (Å²) in [7, 11) is 0. The summed E-state index contributed by atoms with van der Waals surface area (Å²) in [4.78, 5) is 14.5. The molecule has 1 rings (SSSR count). The van der Waals surface area contributed by atoms with Crippen LogP contribution in [0.25, 0.3) is 0 Å². The SMILES string of the molecule is CCN(C1CCCC1)C(CN)CC(=O)NC(C)(C)C. The predicted octanol–water partition coefficient (Wildman–Crippen LogP) is 1.88. The fourth-order valence-electron chi connectivity index (χ4n) is 3.07. The summed E-state index contributed by atoms with van der Waals surface area (Å²) in [6.07, 6.45) is 5.65. The van der Waals surface area contributed by atoms with E-state index < -0.39 is 0 Å². The zero-order valence-electron chi connectivity index (χ0n) is 13.0. The van der Waals surface area contributed by atoms with Gasteiger partial charge in [-0.2, -0.15) is 0 Å². The molecule has 4 heteroatoms. The zero-order chi connectivity index (χ0) is 14.5. The van der Waals surface area contributed by atoms with E-state index in [4.69, 9.17) is 5.73 Å². The molecular weight excluding hydrogens is 238 g/mol. The molecule has 112 valence electrons. The van der Waals surface area contributed by atoms with E-state index in [1.54, 1.807) is 0 Å². The Labute approximate surface area is 118 Å². The molecule has 0 aromatic heterocycles. The summed E-state index contributed by atoms with van der Waals surface area (Å²) >= 11 is 0. The molecule has 1 atom stereocenters. The quantitative estimate of drug-likeness (QED) is 0.774. The molecule has 1 unspecified atom stereocenters. The van der Waals surface area contributed by atoms with Crippen LogP contribution in [0.5, 0.6) is 0 Å². The smallest absolute Gasteiger partial charge is 0.222 e. The van der Waals surface area contributed by atoms with Crippen molar-refractivity contribution >= 4 is 5.91 Å². The minimum atomic E-state index is -0.166. The van der Waals surface area contributed by atoms with Crippen molar-refractivity contribution in [2.75, 3.05) is 13.1 Å². The first kappa shape index (κ1) is 16.4. The van der Waals surface area contributed by atoms with Gasteiger partial charge in [0.05, 0.1) is 0 Å². The number of nitrogens with one attached hydrogen (secondary N) is 1. The van der Waals surface area contributed by atoms with E-state index in [9.17, 15) is 4.79 Å². The number of hydrogen-bond donors (Lipinski definition) is 2. The summed E-state index contributed by atoms with van der Waals surface area (Å²) < 4.78 is 0. The molecule has 1 fully saturated rings. The molecule has 0 aliphatic heterocycles. The lowest BCUT2D eigenvalue weighted by atomic mass is 10.1. The van der Waals surface area contributed by atoms with Crippen LogP contribution in [0.1, 0.15) is 59.8 Å². The second kappa shape index (κ2) is 7.25. The van der Waals surface area contributed by atoms with Gasteiger partial charge in [0, 0.05) is 30.6 Å². The molecule has 0 spiro atoms. The predicted molar refractivity (Wildman–Crippen MR) is 80.0 cm³/mol. The van der Waals surface area contributed by atoms with Gasteiger partial charge in [0.2, 0.25) is 5.91 Å². The lowest BCUT2D eigenvalue weighted by Crippen LogP contribution is -2.50. The Morgan fingerprint density at radius 2 is 1.95 bits per heavy atom. The number of rotatable bonds is 6. The number of carbonyl (C=O) groups excluding carboxylic acids is 1. The van der Waals surface area contributed by atoms with Crippen molar-refractivity contribution < 1.29 is 4.79 Å². The van der Waals surface area contributed by atoms with Crippen LogP contribution < -0.4 is 11.1 Å². The lowest BCUT2D eigenvalue weighted by Gasteiger charge is -2.35. The first-order valence-electron chi connectivity index (χ1n) is 7.64. The third-order valence-corrected chi connectivity index (χ3v) is 3.84. The van der Waals surface area contributed by atoms with Crippen LogP contribution >= 0.6 is 0 Å². The van der Waals surface area contributed by atoms with Gasteiger partial charge in [-0.15, -0.1) is 0 Å². The van der Waals surface area contributed by atoms with Gasteiger partial charge in [-0.05, 0) is 40.2 Å². The van der Waals surface area contributed by atoms with E-state index in [1.165, 1.54) is 25.7 Å². The van der Waals surface area contributed by atoms with Gasteiger partial charge in [0.25, 0.3) is 0 Å². The number of hydrogen-bond acceptors (Lipinski definition) is 3. The number of amides is 1. The van der Waals surface area contributed by atoms with Crippen molar-refractivity contribution in [1.29, 1.82) is 0 Å². The Morgan fingerprint density at radius 1 is 1.37 bits per heavy atom. The van der Waals surface area contributed by atoms with Crippen molar-refractivity contribution in [3.8, 4) is 0 Å². The van der Waals surface area contributed by atoms with Crippen molar-refractivity contribution in [1.82, 2.24) is 10.2 Å². The van der Waals surface area contributed by atoms with Gasteiger partial charge >= 0.3 is 0 Å². The highest BCUT2D eigenvalue weighted by molar-refractivity contribution is 5.77. The van der Waals surface area contributed by atoms with Gasteiger partial charge in [-0.3, -0.25) is 9.69 Å². The van der Waals surface area contributed by atoms with Crippen molar-refractivity contribution in [3.05, 3.63) is 0 Å². The maximum Gasteiger partial charge on any atom is 0.222 e. The highest BCUT2D eigenvalue weighted by Crippen LogP contribution is 2.25. The van der Waals surface area contributed by atoms with E-state index >= 15 is 0 Å². The minimum absolute atomic E-state index is 0.111. The molecule has 1 aliphatic rings. The number of nitrogens with zero attached hydrogens (tertiary/aromatic N) is 1. The molecule has 0 radical (unpaired) electrons. The third kappa shape index (κ3) is 5.49. The van der Waals surface area contributed by atoms with Crippen LogP contribution in [-0.4, -0.2) is 41.5 Å². The van der Waals surface area contributed by atoms with Gasteiger partial charge in [0.1, 0.15) is 0 Å². The number of carbonyl (C=O) groups is 1. The lowest BCUT2D eigenvalue weighted by molar-refractivity contribution is -0.123. The molecule has 1 aliphatic carbocycles. The molecule has 1 saturated carbocycles. The van der Waals surface area contributed by atoms with Crippen LogP contribution in [0.3, 0.4) is 0 Å². The van der Waals surface area contributed by atoms with Crippen molar-refractivity contribution in [3.63, 3.8) is 0 Å². The molecule has 4 nitrogen and oxygen atoms in total. The van der Waals surface area contributed by atoms with Crippen LogP contribution in [0.4, 0.5) is 0 Å². The second-order valence-electron chi connectivity index (χ2n) is 6.66. The molecule has 0 saturated heterocycles. The van der Waals surface area contributed by atoms with Crippen molar-refractivity contribution in [2.24, 2.45) is 5.73 Å². The Hall–Kier alpha value is -0.610. The maximum atomic E-state index is 12.1. The average Bonchev–Trinajstić information content (AvgIpc) is 2.79.